The number of amidine groups is 1. The fourth-order valence-electron chi connectivity index (χ4n) is 3.68. The molecular weight excluding hydrogens is 431 g/mol. The van der Waals surface area contributed by atoms with E-state index in [1.165, 1.54) is 23.1 Å². The summed E-state index contributed by atoms with van der Waals surface area (Å²) in [5.74, 6) is -2.87. The highest BCUT2D eigenvalue weighted by Gasteiger charge is 2.38. The number of nitrogens with two attached hydrogens (primary N) is 1. The number of aliphatic carboxylic acids is 1. The van der Waals surface area contributed by atoms with Crippen LogP contribution in [0.4, 0.5) is 4.39 Å². The number of benzene rings is 2. The summed E-state index contributed by atoms with van der Waals surface area (Å²) in [5.41, 5.74) is 6.06. The summed E-state index contributed by atoms with van der Waals surface area (Å²) < 4.78 is 19.9. The predicted molar refractivity (Wildman–Crippen MR) is 117 cm³/mol. The molecule has 1 heterocycles. The van der Waals surface area contributed by atoms with Crippen LogP contribution in [0.15, 0.2) is 48.5 Å². The summed E-state index contributed by atoms with van der Waals surface area (Å²) in [5, 5.41) is 16.6. The van der Waals surface area contributed by atoms with Crippen molar-refractivity contribution in [3.05, 3.63) is 65.5 Å². The zero-order chi connectivity index (χ0) is 24.0. The Morgan fingerprint density at radius 3 is 2.45 bits per heavy atom. The van der Waals surface area contributed by atoms with Crippen molar-refractivity contribution in [1.82, 2.24) is 9.80 Å². The molecule has 10 heteroatoms. The SMILES string of the molecule is N=C(N)c1ccc(OCCCN2CCN(C(CC(=O)O)c3ccccc3F)C(=O)C2=O)cc1. The Bertz CT molecular complexity index is 1040. The number of piperazine rings is 1. The molecule has 1 aliphatic heterocycles. The summed E-state index contributed by atoms with van der Waals surface area (Å²) in [7, 11) is 0. The summed E-state index contributed by atoms with van der Waals surface area (Å²) in [6, 6.07) is 11.3. The average molecular weight is 456 g/mol. The number of hydrogen-bond acceptors (Lipinski definition) is 5. The Morgan fingerprint density at radius 2 is 1.82 bits per heavy atom. The molecule has 1 atom stereocenters. The van der Waals surface area contributed by atoms with Crippen LogP contribution < -0.4 is 10.5 Å². The van der Waals surface area contributed by atoms with Gasteiger partial charge in [0.05, 0.1) is 19.1 Å². The minimum absolute atomic E-state index is 0.0375. The Balaban J connectivity index is 1.57. The van der Waals surface area contributed by atoms with Crippen LogP contribution in [-0.4, -0.2) is 64.8 Å². The largest absolute Gasteiger partial charge is 0.494 e. The zero-order valence-corrected chi connectivity index (χ0v) is 17.9. The van der Waals surface area contributed by atoms with Gasteiger partial charge in [-0.1, -0.05) is 18.2 Å². The van der Waals surface area contributed by atoms with E-state index in [9.17, 15) is 23.9 Å². The van der Waals surface area contributed by atoms with Gasteiger partial charge < -0.3 is 25.4 Å². The standard InChI is InChI=1S/C23H25FN4O5/c24-18-5-2-1-4-17(18)19(14-20(29)30)28-12-11-27(22(31)23(28)32)10-3-13-33-16-8-6-15(7-9-16)21(25)26/h1-2,4-9,19H,3,10-14H2,(H3,25,26)(H,29,30). The lowest BCUT2D eigenvalue weighted by atomic mass is 10.00. The minimum Gasteiger partial charge on any atom is -0.494 e. The van der Waals surface area contributed by atoms with Gasteiger partial charge in [-0.3, -0.25) is 19.8 Å². The maximum atomic E-state index is 14.3. The second-order valence-corrected chi connectivity index (χ2v) is 7.57. The van der Waals surface area contributed by atoms with Crippen molar-refractivity contribution in [3.8, 4) is 5.75 Å². The van der Waals surface area contributed by atoms with Gasteiger partial charge >= 0.3 is 17.8 Å². The molecule has 2 amide bonds. The monoisotopic (exact) mass is 456 g/mol. The highest BCUT2D eigenvalue weighted by atomic mass is 19.1. The second kappa shape index (κ2) is 10.6. The van der Waals surface area contributed by atoms with Crippen LogP contribution in [0.3, 0.4) is 0 Å². The fourth-order valence-corrected chi connectivity index (χ4v) is 3.68. The maximum absolute atomic E-state index is 14.3. The first kappa shape index (κ1) is 23.7. The third-order valence-corrected chi connectivity index (χ3v) is 5.36. The van der Waals surface area contributed by atoms with Gasteiger partial charge in [0, 0.05) is 30.8 Å². The van der Waals surface area contributed by atoms with Crippen LogP contribution in [-0.2, 0) is 14.4 Å². The Labute approximate surface area is 190 Å². The van der Waals surface area contributed by atoms with Crippen LogP contribution in [0.1, 0.15) is 30.0 Å². The van der Waals surface area contributed by atoms with Crippen molar-refractivity contribution in [2.45, 2.75) is 18.9 Å². The molecule has 0 saturated carbocycles. The number of carboxylic acid groups (broad SMARTS) is 1. The van der Waals surface area contributed by atoms with E-state index >= 15 is 0 Å². The lowest BCUT2D eigenvalue weighted by molar-refractivity contribution is -0.159. The number of amides is 2. The van der Waals surface area contributed by atoms with E-state index in [1.54, 1.807) is 30.3 Å². The van der Waals surface area contributed by atoms with Gasteiger partial charge in [-0.2, -0.15) is 0 Å². The molecule has 1 saturated heterocycles. The number of carbonyl (C=O) groups excluding carboxylic acids is 2. The number of carboxylic acids is 1. The van der Waals surface area contributed by atoms with Gasteiger partial charge in [0.15, 0.2) is 0 Å². The quantitative estimate of drug-likeness (QED) is 0.216. The number of nitrogen functional groups attached to an aromatic ring is 1. The molecule has 4 N–H and O–H groups in total. The third kappa shape index (κ3) is 5.85. The molecule has 0 radical (unpaired) electrons. The topological polar surface area (TPSA) is 137 Å². The summed E-state index contributed by atoms with van der Waals surface area (Å²) >= 11 is 0. The minimum atomic E-state index is -1.19. The highest BCUT2D eigenvalue weighted by Crippen LogP contribution is 2.28. The first-order chi connectivity index (χ1) is 15.8. The fraction of sp³-hybridized carbons (Fsp3) is 0.304. The number of rotatable bonds is 10. The molecule has 33 heavy (non-hydrogen) atoms. The number of nitrogens with zero attached hydrogens (tertiary/aromatic N) is 2. The van der Waals surface area contributed by atoms with Crippen molar-refractivity contribution in [2.24, 2.45) is 5.73 Å². The van der Waals surface area contributed by atoms with Gasteiger partial charge in [0.2, 0.25) is 0 Å². The van der Waals surface area contributed by atoms with Crippen LogP contribution >= 0.6 is 0 Å². The number of hydrogen-bond donors (Lipinski definition) is 3. The van der Waals surface area contributed by atoms with E-state index in [-0.39, 0.29) is 31.0 Å². The van der Waals surface area contributed by atoms with Crippen molar-refractivity contribution < 1.29 is 28.6 Å². The molecule has 0 spiro atoms. The van der Waals surface area contributed by atoms with E-state index in [1.807, 2.05) is 0 Å². The number of ether oxygens (including phenoxy) is 1. The van der Waals surface area contributed by atoms with E-state index in [0.717, 1.165) is 4.90 Å². The van der Waals surface area contributed by atoms with E-state index in [2.05, 4.69) is 0 Å². The maximum Gasteiger partial charge on any atom is 0.312 e. The Morgan fingerprint density at radius 1 is 1.12 bits per heavy atom. The van der Waals surface area contributed by atoms with Gasteiger partial charge in [0.25, 0.3) is 0 Å². The van der Waals surface area contributed by atoms with E-state index < -0.39 is 36.1 Å². The first-order valence-electron chi connectivity index (χ1n) is 10.4. The summed E-state index contributed by atoms with van der Waals surface area (Å²) in [4.78, 5) is 39.2. The van der Waals surface area contributed by atoms with E-state index in [0.29, 0.717) is 24.3 Å². The molecule has 1 fully saturated rings. The summed E-state index contributed by atoms with van der Waals surface area (Å²) in [6.07, 6.45) is -0.0322. The Kier molecular flexibility index (Phi) is 7.60. The zero-order valence-electron chi connectivity index (χ0n) is 17.9. The van der Waals surface area contributed by atoms with Crippen molar-refractivity contribution >= 4 is 23.6 Å². The first-order valence-corrected chi connectivity index (χ1v) is 10.4. The van der Waals surface area contributed by atoms with Gasteiger partial charge in [-0.15, -0.1) is 0 Å². The molecule has 0 aliphatic carbocycles. The Hall–Kier alpha value is -3.95. The lowest BCUT2D eigenvalue weighted by Crippen LogP contribution is -2.55. The molecular formula is C23H25FN4O5. The second-order valence-electron chi connectivity index (χ2n) is 7.57. The number of nitrogens with one attached hydrogen (secondary N) is 1. The van der Waals surface area contributed by atoms with Crippen molar-refractivity contribution in [3.63, 3.8) is 0 Å². The van der Waals surface area contributed by atoms with Crippen molar-refractivity contribution in [2.75, 3.05) is 26.2 Å². The van der Waals surface area contributed by atoms with Gasteiger partial charge in [-0.25, -0.2) is 4.39 Å². The van der Waals surface area contributed by atoms with Crippen LogP contribution in [0.25, 0.3) is 0 Å². The molecule has 174 valence electrons. The third-order valence-electron chi connectivity index (χ3n) is 5.36. The van der Waals surface area contributed by atoms with Crippen LogP contribution in [0, 0.1) is 11.2 Å². The van der Waals surface area contributed by atoms with Gasteiger partial charge in [-0.05, 0) is 36.8 Å². The number of halogens is 1. The molecule has 2 aromatic rings. The summed E-state index contributed by atoms with van der Waals surface area (Å²) in [6.45, 7) is 0.901. The lowest BCUT2D eigenvalue weighted by Gasteiger charge is -2.38. The van der Waals surface area contributed by atoms with Crippen LogP contribution in [0.5, 0.6) is 5.75 Å². The highest BCUT2D eigenvalue weighted by molar-refractivity contribution is 6.35. The van der Waals surface area contributed by atoms with Crippen LogP contribution in [0.2, 0.25) is 0 Å². The average Bonchev–Trinajstić information content (AvgIpc) is 2.79. The normalized spacial score (nSPS) is 14.8. The predicted octanol–water partition coefficient (Wildman–Crippen LogP) is 1.77. The molecule has 0 bridgehead atoms. The smallest absolute Gasteiger partial charge is 0.312 e. The molecule has 2 aromatic carbocycles. The molecule has 9 nitrogen and oxygen atoms in total. The van der Waals surface area contributed by atoms with Crippen molar-refractivity contribution in [1.29, 1.82) is 5.41 Å². The molecule has 1 unspecified atom stereocenters. The number of carbonyl (C=O) groups is 3. The molecule has 3 rings (SSSR count). The molecule has 0 aromatic heterocycles. The van der Waals surface area contributed by atoms with Gasteiger partial charge in [0.1, 0.15) is 17.4 Å². The molecule has 1 aliphatic rings. The van der Waals surface area contributed by atoms with E-state index in [4.69, 9.17) is 15.9 Å².